The number of carboxylic acid groups (broad SMARTS) is 1. The lowest BCUT2D eigenvalue weighted by molar-refractivity contribution is -0.139. The van der Waals surface area contributed by atoms with Crippen LogP contribution in [0.3, 0.4) is 0 Å². The maximum absolute atomic E-state index is 12.4. The normalized spacial score (nSPS) is 17.4. The molecule has 1 amide bonds. The fraction of sp³-hybridized carbons (Fsp3) is 0.368. The fourth-order valence-electron chi connectivity index (χ4n) is 3.45. The Hall–Kier alpha value is -2.34. The largest absolute Gasteiger partial charge is 0.495 e. The average molecular weight is 359 g/mol. The van der Waals surface area contributed by atoms with Gasteiger partial charge in [0.1, 0.15) is 16.7 Å². The van der Waals surface area contributed by atoms with Gasteiger partial charge in [-0.15, -0.1) is 11.3 Å². The molecule has 0 fully saturated rings. The van der Waals surface area contributed by atoms with E-state index in [-0.39, 0.29) is 5.92 Å². The number of carbonyl (C=O) groups excluding carboxylic acids is 1. The number of aryl methyl sites for hydroxylation is 1. The highest BCUT2D eigenvalue weighted by atomic mass is 32.1. The Balaban J connectivity index is 1.75. The summed E-state index contributed by atoms with van der Waals surface area (Å²) in [6.07, 6.45) is 3.41. The van der Waals surface area contributed by atoms with Gasteiger partial charge in [-0.2, -0.15) is 0 Å². The van der Waals surface area contributed by atoms with Gasteiger partial charge in [-0.3, -0.25) is 4.79 Å². The zero-order chi connectivity index (χ0) is 17.8. The maximum atomic E-state index is 12.4. The van der Waals surface area contributed by atoms with Crippen molar-refractivity contribution in [3.8, 4) is 5.75 Å². The minimum Gasteiger partial charge on any atom is -0.495 e. The third-order valence-corrected chi connectivity index (χ3v) is 5.57. The number of carbonyl (C=O) groups is 2. The highest BCUT2D eigenvalue weighted by Crippen LogP contribution is 2.35. The third-order valence-electron chi connectivity index (χ3n) is 4.67. The summed E-state index contributed by atoms with van der Waals surface area (Å²) in [5.74, 6) is -0.790. The summed E-state index contributed by atoms with van der Waals surface area (Å²) >= 11 is 1.24. The van der Waals surface area contributed by atoms with Crippen LogP contribution in [0.5, 0.6) is 5.75 Å². The molecular weight excluding hydrogens is 338 g/mol. The number of thiophene rings is 1. The van der Waals surface area contributed by atoms with Crippen molar-refractivity contribution < 1.29 is 19.4 Å². The molecule has 0 bridgehead atoms. The smallest absolute Gasteiger partial charge is 0.326 e. The first-order valence-electron chi connectivity index (χ1n) is 8.33. The molecule has 0 saturated carbocycles. The van der Waals surface area contributed by atoms with Crippen LogP contribution in [0.1, 0.15) is 46.0 Å². The second kappa shape index (κ2) is 7.70. The van der Waals surface area contributed by atoms with Gasteiger partial charge < -0.3 is 15.2 Å². The number of nitrogens with one attached hydrogen (secondary N) is 1. The Morgan fingerprint density at radius 3 is 2.92 bits per heavy atom. The average Bonchev–Trinajstić information content (AvgIpc) is 3.10. The van der Waals surface area contributed by atoms with E-state index in [1.54, 1.807) is 11.4 Å². The van der Waals surface area contributed by atoms with E-state index in [4.69, 9.17) is 4.74 Å². The van der Waals surface area contributed by atoms with Crippen LogP contribution in [0.25, 0.3) is 0 Å². The first-order valence-corrected chi connectivity index (χ1v) is 9.21. The van der Waals surface area contributed by atoms with E-state index in [9.17, 15) is 14.7 Å². The molecule has 1 aliphatic carbocycles. The van der Waals surface area contributed by atoms with Gasteiger partial charge in [-0.05, 0) is 54.2 Å². The molecule has 5 nitrogen and oxygen atoms in total. The fourth-order valence-corrected chi connectivity index (χ4v) is 4.21. The van der Waals surface area contributed by atoms with Gasteiger partial charge in [-0.1, -0.05) is 24.3 Å². The van der Waals surface area contributed by atoms with Crippen molar-refractivity contribution in [3.63, 3.8) is 0 Å². The molecule has 1 aromatic carbocycles. The van der Waals surface area contributed by atoms with Crippen LogP contribution in [0, 0.1) is 0 Å². The Morgan fingerprint density at radius 2 is 2.16 bits per heavy atom. The molecule has 6 heteroatoms. The lowest BCUT2D eigenvalue weighted by Gasteiger charge is -2.28. The Labute approximate surface area is 150 Å². The number of rotatable bonds is 6. The molecule has 2 N–H and O–H groups in total. The van der Waals surface area contributed by atoms with E-state index in [1.165, 1.54) is 29.6 Å². The Bertz CT molecular complexity index is 770. The number of carboxylic acids is 1. The van der Waals surface area contributed by atoms with E-state index in [2.05, 4.69) is 17.4 Å². The van der Waals surface area contributed by atoms with Crippen molar-refractivity contribution in [1.82, 2.24) is 5.32 Å². The summed E-state index contributed by atoms with van der Waals surface area (Å²) in [6.45, 7) is 0. The van der Waals surface area contributed by atoms with E-state index < -0.39 is 17.9 Å². The molecule has 132 valence electrons. The van der Waals surface area contributed by atoms with E-state index in [0.29, 0.717) is 17.0 Å². The number of fused-ring (bicyclic) bond motifs is 1. The SMILES string of the molecule is COc1ccsc1C(=O)NC(CC1CCCc2ccccc21)C(=O)O. The Kier molecular flexibility index (Phi) is 5.38. The van der Waals surface area contributed by atoms with Crippen molar-refractivity contribution in [3.05, 3.63) is 51.7 Å². The standard InChI is InChI=1S/C19H21NO4S/c1-24-16-9-10-25-17(16)18(21)20-15(19(22)23)11-13-7-4-6-12-5-2-3-8-14(12)13/h2-3,5,8-10,13,15H,4,6-7,11H2,1H3,(H,20,21)(H,22,23). The third kappa shape index (κ3) is 3.85. The van der Waals surface area contributed by atoms with Crippen molar-refractivity contribution >= 4 is 23.2 Å². The molecular formula is C19H21NO4S. The highest BCUT2D eigenvalue weighted by molar-refractivity contribution is 7.12. The predicted molar refractivity (Wildman–Crippen MR) is 96.5 cm³/mol. The van der Waals surface area contributed by atoms with Crippen molar-refractivity contribution in [1.29, 1.82) is 0 Å². The number of aliphatic carboxylic acids is 1. The molecule has 1 heterocycles. The lowest BCUT2D eigenvalue weighted by Crippen LogP contribution is -2.42. The van der Waals surface area contributed by atoms with Crippen LogP contribution in [0.4, 0.5) is 0 Å². The van der Waals surface area contributed by atoms with E-state index in [0.717, 1.165) is 19.3 Å². The summed E-state index contributed by atoms with van der Waals surface area (Å²) in [4.78, 5) is 24.5. The van der Waals surface area contributed by atoms with E-state index >= 15 is 0 Å². The van der Waals surface area contributed by atoms with Gasteiger partial charge in [0, 0.05) is 0 Å². The van der Waals surface area contributed by atoms with Crippen LogP contribution in [-0.4, -0.2) is 30.1 Å². The molecule has 3 rings (SSSR count). The second-order valence-corrected chi connectivity index (χ2v) is 7.12. The molecule has 0 radical (unpaired) electrons. The van der Waals surface area contributed by atoms with Crippen LogP contribution in [0.2, 0.25) is 0 Å². The lowest BCUT2D eigenvalue weighted by atomic mass is 9.79. The molecule has 0 saturated heterocycles. The highest BCUT2D eigenvalue weighted by Gasteiger charge is 2.29. The van der Waals surface area contributed by atoms with Gasteiger partial charge in [-0.25, -0.2) is 4.79 Å². The van der Waals surface area contributed by atoms with Crippen LogP contribution < -0.4 is 10.1 Å². The summed E-state index contributed by atoms with van der Waals surface area (Å²) in [5, 5.41) is 14.0. The summed E-state index contributed by atoms with van der Waals surface area (Å²) in [5.41, 5.74) is 2.50. The molecule has 25 heavy (non-hydrogen) atoms. The number of amides is 1. The molecule has 2 unspecified atom stereocenters. The maximum Gasteiger partial charge on any atom is 0.326 e. The molecule has 1 aromatic heterocycles. The molecule has 0 aliphatic heterocycles. The summed E-state index contributed by atoms with van der Waals surface area (Å²) < 4.78 is 5.15. The predicted octanol–water partition coefficient (Wildman–Crippen LogP) is 3.45. The number of benzene rings is 1. The van der Waals surface area contributed by atoms with Crippen molar-refractivity contribution in [2.24, 2.45) is 0 Å². The number of methoxy groups -OCH3 is 1. The van der Waals surface area contributed by atoms with Crippen molar-refractivity contribution in [2.45, 2.75) is 37.6 Å². The number of ether oxygens (including phenoxy) is 1. The van der Waals surface area contributed by atoms with Gasteiger partial charge >= 0.3 is 5.97 Å². The quantitative estimate of drug-likeness (QED) is 0.828. The monoisotopic (exact) mass is 359 g/mol. The minimum atomic E-state index is -1.01. The summed E-state index contributed by atoms with van der Waals surface area (Å²) in [7, 11) is 1.49. The first-order chi connectivity index (χ1) is 12.1. The summed E-state index contributed by atoms with van der Waals surface area (Å²) in [6, 6.07) is 8.96. The van der Waals surface area contributed by atoms with Crippen molar-refractivity contribution in [2.75, 3.05) is 7.11 Å². The minimum absolute atomic E-state index is 0.150. The molecule has 2 atom stereocenters. The van der Waals surface area contributed by atoms with Crippen LogP contribution >= 0.6 is 11.3 Å². The van der Waals surface area contributed by atoms with Gasteiger partial charge in [0.05, 0.1) is 7.11 Å². The van der Waals surface area contributed by atoms with Gasteiger partial charge in [0.2, 0.25) is 0 Å². The second-order valence-electron chi connectivity index (χ2n) is 6.21. The topological polar surface area (TPSA) is 75.6 Å². The van der Waals surface area contributed by atoms with Crippen LogP contribution in [0.15, 0.2) is 35.7 Å². The molecule has 0 spiro atoms. The van der Waals surface area contributed by atoms with Gasteiger partial charge in [0.15, 0.2) is 0 Å². The van der Waals surface area contributed by atoms with Gasteiger partial charge in [0.25, 0.3) is 5.91 Å². The number of hydrogen-bond donors (Lipinski definition) is 2. The first kappa shape index (κ1) is 17.5. The number of hydrogen-bond acceptors (Lipinski definition) is 4. The van der Waals surface area contributed by atoms with Crippen LogP contribution in [-0.2, 0) is 11.2 Å². The molecule has 1 aliphatic rings. The van der Waals surface area contributed by atoms with E-state index in [1.807, 2.05) is 12.1 Å². The zero-order valence-electron chi connectivity index (χ0n) is 14.0. The molecule has 2 aromatic rings. The Morgan fingerprint density at radius 1 is 1.36 bits per heavy atom. The zero-order valence-corrected chi connectivity index (χ0v) is 14.8.